The van der Waals surface area contributed by atoms with Crippen molar-refractivity contribution in [1.82, 2.24) is 5.32 Å². The Morgan fingerprint density at radius 3 is 1.18 bits per heavy atom. The third-order valence-electron chi connectivity index (χ3n) is 15.3. The summed E-state index contributed by atoms with van der Waals surface area (Å²) in [4.78, 5) is 40.1. The van der Waals surface area contributed by atoms with E-state index in [9.17, 15) is 19.0 Å². The highest BCUT2D eigenvalue weighted by Gasteiger charge is 2.27. The predicted octanol–water partition coefficient (Wildman–Crippen LogP) is 20.4. The number of hydrogen-bond acceptors (Lipinski definition) is 7. The lowest BCUT2D eigenvalue weighted by Crippen LogP contribution is -2.47. The first-order valence-corrected chi connectivity index (χ1v) is 35.3. The van der Waals surface area contributed by atoms with Crippen LogP contribution in [-0.2, 0) is 27.9 Å². The lowest BCUT2D eigenvalue weighted by atomic mass is 10.0. The zero-order valence-corrected chi connectivity index (χ0v) is 53.5. The van der Waals surface area contributed by atoms with Gasteiger partial charge in [0.25, 0.3) is 7.82 Å². The Balaban J connectivity index is 5.04. The van der Waals surface area contributed by atoms with Gasteiger partial charge in [-0.15, -0.1) is 0 Å². The van der Waals surface area contributed by atoms with Gasteiger partial charge in [0, 0.05) is 12.8 Å². The van der Waals surface area contributed by atoms with Gasteiger partial charge in [0.1, 0.15) is 19.3 Å². The van der Waals surface area contributed by atoms with Gasteiger partial charge >= 0.3 is 5.97 Å². The van der Waals surface area contributed by atoms with Gasteiger partial charge in [0.2, 0.25) is 5.91 Å². The van der Waals surface area contributed by atoms with Gasteiger partial charge in [0.05, 0.1) is 33.8 Å². The van der Waals surface area contributed by atoms with Crippen LogP contribution in [0, 0.1) is 0 Å². The van der Waals surface area contributed by atoms with E-state index >= 15 is 0 Å². The average Bonchev–Trinajstić information content (AvgIpc) is 3.40. The number of quaternary nitrogens is 1. The molecule has 0 saturated carbocycles. The normalized spacial score (nSPS) is 13.8. The summed E-state index contributed by atoms with van der Waals surface area (Å²) in [7, 11) is 1.20. The molecular formula is C68H131N2O7P. The van der Waals surface area contributed by atoms with Crippen molar-refractivity contribution >= 4 is 19.7 Å². The van der Waals surface area contributed by atoms with Crippen LogP contribution in [0.3, 0.4) is 0 Å². The van der Waals surface area contributed by atoms with E-state index < -0.39 is 20.0 Å². The number of unbranched alkanes of at least 4 members (excludes halogenated alkanes) is 42. The Morgan fingerprint density at radius 2 is 0.782 bits per heavy atom. The van der Waals surface area contributed by atoms with E-state index in [4.69, 9.17) is 13.8 Å². The number of phosphoric acid groups is 1. The predicted molar refractivity (Wildman–Crippen MR) is 335 cm³/mol. The van der Waals surface area contributed by atoms with Gasteiger partial charge in [0.15, 0.2) is 0 Å². The summed E-state index contributed by atoms with van der Waals surface area (Å²) in [6, 6.07) is -0.883. The van der Waals surface area contributed by atoms with E-state index in [1.807, 2.05) is 33.3 Å². The van der Waals surface area contributed by atoms with Crippen molar-refractivity contribution in [2.24, 2.45) is 0 Å². The largest absolute Gasteiger partial charge is 0.756 e. The first kappa shape index (κ1) is 76.2. The van der Waals surface area contributed by atoms with Crippen molar-refractivity contribution in [3.8, 4) is 0 Å². The number of hydrogen-bond donors (Lipinski definition) is 1. The lowest BCUT2D eigenvalue weighted by Gasteiger charge is -2.30. The topological polar surface area (TPSA) is 114 Å². The molecule has 0 bridgehead atoms. The summed E-state index contributed by atoms with van der Waals surface area (Å²) >= 11 is 0. The van der Waals surface area contributed by atoms with Crippen molar-refractivity contribution in [3.63, 3.8) is 0 Å². The van der Waals surface area contributed by atoms with Crippen molar-refractivity contribution in [1.29, 1.82) is 0 Å². The molecule has 0 spiro atoms. The molecule has 0 aromatic rings. The number of carbonyl (C=O) groups is 2. The van der Waals surface area contributed by atoms with Crippen LogP contribution in [0.1, 0.15) is 335 Å². The molecule has 3 atom stereocenters. The molecule has 0 fully saturated rings. The monoisotopic (exact) mass is 1120 g/mol. The number of nitrogens with one attached hydrogen (secondary N) is 1. The Morgan fingerprint density at radius 1 is 0.449 bits per heavy atom. The van der Waals surface area contributed by atoms with Gasteiger partial charge in [-0.25, -0.2) is 0 Å². The fraction of sp³-hybridized carbons (Fsp3) is 0.882. The van der Waals surface area contributed by atoms with E-state index in [1.165, 1.54) is 238 Å². The summed E-state index contributed by atoms with van der Waals surface area (Å²) < 4.78 is 30.4. The molecule has 0 aliphatic rings. The number of rotatable bonds is 62. The maximum absolute atomic E-state index is 13.5. The molecule has 0 saturated heterocycles. The van der Waals surface area contributed by atoms with Gasteiger partial charge in [-0.05, 0) is 63.9 Å². The minimum atomic E-state index is -4.69. The molecule has 460 valence electrons. The van der Waals surface area contributed by atoms with Gasteiger partial charge in [-0.1, -0.05) is 295 Å². The van der Waals surface area contributed by atoms with Crippen LogP contribution < -0.4 is 10.2 Å². The summed E-state index contributed by atoms with van der Waals surface area (Å²) in [5.41, 5.74) is 0. The van der Waals surface area contributed by atoms with E-state index in [0.29, 0.717) is 17.4 Å². The Kier molecular flexibility index (Phi) is 57.1. The molecule has 0 aliphatic heterocycles. The second kappa shape index (κ2) is 58.4. The lowest BCUT2D eigenvalue weighted by molar-refractivity contribution is -0.870. The number of nitrogens with zero attached hydrogens (tertiary/aromatic N) is 1. The van der Waals surface area contributed by atoms with Crippen molar-refractivity contribution < 1.29 is 37.3 Å². The van der Waals surface area contributed by atoms with E-state index in [1.54, 1.807) is 0 Å². The molecule has 0 aromatic carbocycles. The third-order valence-corrected chi connectivity index (χ3v) is 16.3. The number of ether oxygens (including phenoxy) is 1. The zero-order valence-electron chi connectivity index (χ0n) is 52.6. The summed E-state index contributed by atoms with van der Waals surface area (Å²) in [5, 5.41) is 3.04. The van der Waals surface area contributed by atoms with Gasteiger partial charge in [-0.2, -0.15) is 0 Å². The van der Waals surface area contributed by atoms with Gasteiger partial charge in [-0.3, -0.25) is 14.2 Å². The second-order valence-electron chi connectivity index (χ2n) is 24.3. The maximum Gasteiger partial charge on any atom is 0.306 e. The van der Waals surface area contributed by atoms with Crippen LogP contribution >= 0.6 is 7.82 Å². The Bertz CT molecular complexity index is 1430. The average molecular weight is 1120 g/mol. The molecular weight excluding hydrogens is 988 g/mol. The molecule has 3 unspecified atom stereocenters. The minimum Gasteiger partial charge on any atom is -0.756 e. The van der Waals surface area contributed by atoms with Crippen molar-refractivity contribution in [2.45, 2.75) is 348 Å². The molecule has 0 rings (SSSR count). The highest BCUT2D eigenvalue weighted by atomic mass is 31.2. The summed E-state index contributed by atoms with van der Waals surface area (Å²) in [6.07, 6.45) is 71.2. The molecule has 1 N–H and O–H groups in total. The highest BCUT2D eigenvalue weighted by Crippen LogP contribution is 2.38. The first-order valence-electron chi connectivity index (χ1n) is 33.8. The van der Waals surface area contributed by atoms with Crippen molar-refractivity contribution in [2.75, 3.05) is 40.9 Å². The van der Waals surface area contributed by atoms with Crippen LogP contribution in [0.15, 0.2) is 36.5 Å². The number of carbonyl (C=O) groups excluding carboxylic acids is 2. The van der Waals surface area contributed by atoms with Crippen molar-refractivity contribution in [3.05, 3.63) is 36.5 Å². The van der Waals surface area contributed by atoms with E-state index in [2.05, 4.69) is 50.4 Å². The third kappa shape index (κ3) is 58.9. The minimum absolute atomic E-state index is 0.0190. The van der Waals surface area contributed by atoms with E-state index in [-0.39, 0.29) is 31.5 Å². The molecule has 10 heteroatoms. The molecule has 0 heterocycles. The summed E-state index contributed by atoms with van der Waals surface area (Å²) in [6.45, 7) is 6.87. The Labute approximate surface area is 485 Å². The van der Waals surface area contributed by atoms with Crippen LogP contribution in [0.25, 0.3) is 0 Å². The first-order chi connectivity index (χ1) is 37.9. The fourth-order valence-corrected chi connectivity index (χ4v) is 10.8. The number of allylic oxidation sites excluding steroid dienone is 5. The van der Waals surface area contributed by atoms with Crippen LogP contribution in [0.4, 0.5) is 0 Å². The number of likely N-dealkylation sites (N-methyl/N-ethyl adjacent to an activating group) is 1. The smallest absolute Gasteiger partial charge is 0.306 e. The Hall–Kier alpha value is -1.77. The second-order valence-corrected chi connectivity index (χ2v) is 25.7. The zero-order chi connectivity index (χ0) is 57.2. The quantitative estimate of drug-likeness (QED) is 0.0212. The highest BCUT2D eigenvalue weighted by molar-refractivity contribution is 7.45. The summed E-state index contributed by atoms with van der Waals surface area (Å²) in [5.74, 6) is -0.523. The van der Waals surface area contributed by atoms with Gasteiger partial charge < -0.3 is 28.5 Å². The molecule has 0 aliphatic carbocycles. The van der Waals surface area contributed by atoms with Crippen LogP contribution in [0.5, 0.6) is 0 Å². The van der Waals surface area contributed by atoms with E-state index in [0.717, 1.165) is 64.2 Å². The van der Waals surface area contributed by atoms with Crippen LogP contribution in [0.2, 0.25) is 0 Å². The molecule has 9 nitrogen and oxygen atoms in total. The standard InChI is InChI=1S/C68H131N2O7P/c1-7-10-13-16-19-22-25-28-30-31-32-33-34-35-36-37-38-39-41-43-46-49-52-55-58-61-68(72)77-66(59-56-53-50-47-44-27-24-21-18-15-12-9-3)65(64-76-78(73,74)75-63-62-70(4,5)6)69-67(71)60-57-54-51-48-45-42-40-29-26-23-20-17-14-11-8-2/h19,22,28,30,56,59,65-66H,7-18,20-21,23-27,29,31-55,57-58,60-64H2,1-6H3,(H-,69,71,73,74)/b22-19-,30-28-,59-56+. The molecule has 0 aromatic heterocycles. The fourth-order valence-electron chi connectivity index (χ4n) is 10.1. The number of esters is 1. The van der Waals surface area contributed by atoms with Crippen LogP contribution in [-0.4, -0.2) is 69.4 Å². The number of amides is 1. The SMILES string of the molecule is CCCCC/C=C\C/C=C\CCCCCCCCCCCCCCCCCC(=O)OC(/C=C/CCCCCCCCCCCC)C(COP(=O)([O-])OCC[N+](C)(C)C)NC(=O)CCCCCCCCCCCCCCCCC. The maximum atomic E-state index is 13.5. The molecule has 0 radical (unpaired) electrons. The number of phosphoric ester groups is 1. The molecule has 78 heavy (non-hydrogen) atoms. The molecule has 1 amide bonds.